The van der Waals surface area contributed by atoms with E-state index in [0.717, 1.165) is 49.4 Å². The van der Waals surface area contributed by atoms with E-state index in [9.17, 15) is 0 Å². The second-order valence-electron chi connectivity index (χ2n) is 28.5. The van der Waals surface area contributed by atoms with Crippen LogP contribution in [-0.4, -0.2) is 0 Å². The van der Waals surface area contributed by atoms with Gasteiger partial charge in [-0.25, -0.2) is 0 Å². The standard InChI is InChI=1S/C31H36.C30H36.C29H30/c1-22(2)24-15-17-26(18-16-24)25-13-11-23(12-14-25)21-28-19-20-30(27-7-4-3-5-8-27)31-10-6-9-29(28)31;1-3-9-23(10-4-2)21-24-15-17-25(18-16-24)22-27-19-20-29(26-11-6-5-7-12-26)30-14-8-13-28(27)30;1-20(2)17-21-9-11-22(12-10-21)18-25-15-16-28(29-8-4-7-27(25)29)26-14-13-23-5-3-6-24(23)19-26/h4,6-14,19-20,22,24,26,31H,3,5,15-18,21H2,1-2H3;6,8,11-20,23,30H,3-5,7,9-10,21-22H2,1-2H3;4,7-16,19-20,29H,3,5-6,17-18H2,1-2H3. The van der Waals surface area contributed by atoms with Gasteiger partial charge in [0.15, 0.2) is 0 Å². The maximum absolute atomic E-state index is 2.45. The van der Waals surface area contributed by atoms with Crippen molar-refractivity contribution < 1.29 is 0 Å². The minimum atomic E-state index is 0.412. The molecule has 0 heteroatoms. The van der Waals surface area contributed by atoms with Crippen LogP contribution < -0.4 is 0 Å². The molecule has 462 valence electrons. The molecule has 0 bridgehead atoms. The van der Waals surface area contributed by atoms with Gasteiger partial charge in [-0.15, -0.1) is 0 Å². The Morgan fingerprint density at radius 3 is 1.34 bits per heavy atom. The molecule has 10 aliphatic carbocycles. The normalized spacial score (nSPS) is 22.5. The van der Waals surface area contributed by atoms with Gasteiger partial charge in [-0.3, -0.25) is 0 Å². The number of benzene rings is 4. The number of fused-ring (bicyclic) bond motifs is 4. The molecule has 4 aromatic carbocycles. The Balaban J connectivity index is 0.000000131. The van der Waals surface area contributed by atoms with Crippen molar-refractivity contribution in [3.05, 3.63) is 324 Å². The van der Waals surface area contributed by atoms with Gasteiger partial charge in [-0.05, 0) is 244 Å². The van der Waals surface area contributed by atoms with E-state index in [-0.39, 0.29) is 0 Å². The summed E-state index contributed by atoms with van der Waals surface area (Å²) in [6, 6.07) is 35.4. The second kappa shape index (κ2) is 30.2. The Morgan fingerprint density at radius 1 is 0.422 bits per heavy atom. The van der Waals surface area contributed by atoms with Gasteiger partial charge in [0.2, 0.25) is 0 Å². The lowest BCUT2D eigenvalue weighted by atomic mass is 9.74. The van der Waals surface area contributed by atoms with Crippen LogP contribution in [0.2, 0.25) is 0 Å². The van der Waals surface area contributed by atoms with Crippen LogP contribution in [0.1, 0.15) is 181 Å². The molecular weight excluding hydrogens is 1080 g/mol. The topological polar surface area (TPSA) is 0 Å². The van der Waals surface area contributed by atoms with Crippen LogP contribution in [-0.2, 0) is 44.9 Å². The third-order valence-corrected chi connectivity index (χ3v) is 21.3. The fraction of sp³-hybridized carbons (Fsp3) is 0.378. The molecular formula is C90H102. The smallest absolute Gasteiger partial charge is 0.0281 e. The molecule has 0 amide bonds. The molecule has 1 fully saturated rings. The maximum atomic E-state index is 2.45. The van der Waals surface area contributed by atoms with E-state index < -0.39 is 0 Å². The highest BCUT2D eigenvalue weighted by Crippen LogP contribution is 2.45. The largest absolute Gasteiger partial charge is 0.0836 e. The summed E-state index contributed by atoms with van der Waals surface area (Å²) < 4.78 is 0. The van der Waals surface area contributed by atoms with Gasteiger partial charge < -0.3 is 0 Å². The summed E-state index contributed by atoms with van der Waals surface area (Å²) >= 11 is 0. The fourth-order valence-corrected chi connectivity index (χ4v) is 16.3. The van der Waals surface area contributed by atoms with Crippen LogP contribution in [0.4, 0.5) is 0 Å². The molecule has 0 N–H and O–H groups in total. The van der Waals surface area contributed by atoms with Gasteiger partial charge in [0, 0.05) is 17.8 Å². The molecule has 14 rings (SSSR count). The summed E-state index contributed by atoms with van der Waals surface area (Å²) in [7, 11) is 0. The molecule has 0 aromatic heterocycles. The van der Waals surface area contributed by atoms with E-state index in [1.165, 1.54) is 197 Å². The molecule has 90 heavy (non-hydrogen) atoms. The SMILES string of the molecule is CC(C)C1CCC(c2ccc(CC3=CC=C(C4=CCCC=C4)C4C=CC=C34)cc2)CC1.CC(C)Cc1ccc(CC2=CC=C(c3ccc4c(c3)CCC4)C3C=CC=C23)cc1.CCCC(CCC)Cc1ccc(CC2=CC=C(C3=CCCC=C3)C3C=CC=C23)cc1. The van der Waals surface area contributed by atoms with E-state index in [2.05, 4.69) is 260 Å². The highest BCUT2D eigenvalue weighted by Gasteiger charge is 2.31. The van der Waals surface area contributed by atoms with Gasteiger partial charge in [0.1, 0.15) is 0 Å². The van der Waals surface area contributed by atoms with E-state index >= 15 is 0 Å². The van der Waals surface area contributed by atoms with Gasteiger partial charge in [-0.1, -0.05) is 286 Å². The van der Waals surface area contributed by atoms with Crippen LogP contribution in [0.25, 0.3) is 5.57 Å². The van der Waals surface area contributed by atoms with Crippen molar-refractivity contribution in [1.29, 1.82) is 0 Å². The van der Waals surface area contributed by atoms with E-state index in [1.807, 2.05) is 0 Å². The lowest BCUT2D eigenvalue weighted by Gasteiger charge is -2.31. The van der Waals surface area contributed by atoms with Crippen molar-refractivity contribution in [2.24, 2.45) is 41.4 Å². The summed E-state index contributed by atoms with van der Waals surface area (Å²) in [5.74, 6) is 5.38. The third kappa shape index (κ3) is 15.4. The molecule has 0 saturated heterocycles. The Kier molecular flexibility index (Phi) is 21.1. The van der Waals surface area contributed by atoms with E-state index in [4.69, 9.17) is 0 Å². The summed E-state index contributed by atoms with van der Waals surface area (Å²) in [6.07, 6.45) is 73.8. The molecule has 1 saturated carbocycles. The number of hydrogen-bond acceptors (Lipinski definition) is 0. The second-order valence-corrected chi connectivity index (χ2v) is 28.5. The molecule has 0 spiro atoms. The highest BCUT2D eigenvalue weighted by molar-refractivity contribution is 5.79. The molecule has 0 heterocycles. The zero-order valence-corrected chi connectivity index (χ0v) is 55.5. The summed E-state index contributed by atoms with van der Waals surface area (Å²) in [4.78, 5) is 0. The fourth-order valence-electron chi connectivity index (χ4n) is 16.3. The van der Waals surface area contributed by atoms with Crippen LogP contribution in [0.3, 0.4) is 0 Å². The van der Waals surface area contributed by atoms with Gasteiger partial charge in [0.05, 0.1) is 0 Å². The van der Waals surface area contributed by atoms with Crippen LogP contribution in [0.15, 0.2) is 274 Å². The Bertz CT molecular complexity index is 3700. The average molecular weight is 1180 g/mol. The molecule has 0 radical (unpaired) electrons. The zero-order chi connectivity index (χ0) is 61.8. The lowest BCUT2D eigenvalue weighted by Crippen LogP contribution is -2.17. The van der Waals surface area contributed by atoms with E-state index in [0.29, 0.717) is 23.7 Å². The Morgan fingerprint density at radius 2 is 0.878 bits per heavy atom. The minimum Gasteiger partial charge on any atom is -0.0836 e. The van der Waals surface area contributed by atoms with Crippen molar-refractivity contribution in [2.75, 3.05) is 0 Å². The van der Waals surface area contributed by atoms with E-state index in [1.54, 1.807) is 16.7 Å². The van der Waals surface area contributed by atoms with Gasteiger partial charge in [0.25, 0.3) is 0 Å². The first-order chi connectivity index (χ1) is 44.1. The third-order valence-electron chi connectivity index (χ3n) is 21.3. The molecule has 3 atom stereocenters. The molecule has 0 nitrogen and oxygen atoms in total. The van der Waals surface area contributed by atoms with Gasteiger partial charge >= 0.3 is 0 Å². The summed E-state index contributed by atoms with van der Waals surface area (Å²) in [5.41, 5.74) is 29.4. The van der Waals surface area contributed by atoms with Crippen molar-refractivity contribution in [3.63, 3.8) is 0 Å². The van der Waals surface area contributed by atoms with Crippen molar-refractivity contribution >= 4 is 5.57 Å². The van der Waals surface area contributed by atoms with Gasteiger partial charge in [-0.2, -0.15) is 0 Å². The predicted octanol–water partition coefficient (Wildman–Crippen LogP) is 23.7. The quantitative estimate of drug-likeness (QED) is 0.0878. The van der Waals surface area contributed by atoms with Crippen LogP contribution in [0.5, 0.6) is 0 Å². The maximum Gasteiger partial charge on any atom is 0.0281 e. The number of hydrogen-bond donors (Lipinski definition) is 0. The van der Waals surface area contributed by atoms with Crippen molar-refractivity contribution in [2.45, 2.75) is 176 Å². The van der Waals surface area contributed by atoms with Crippen LogP contribution >= 0.6 is 0 Å². The minimum absolute atomic E-state index is 0.412. The molecule has 4 aromatic rings. The number of rotatable bonds is 19. The Labute approximate surface area is 544 Å². The summed E-state index contributed by atoms with van der Waals surface area (Å²) in [5, 5.41) is 0. The van der Waals surface area contributed by atoms with Crippen molar-refractivity contribution in [1.82, 2.24) is 0 Å². The van der Waals surface area contributed by atoms with Crippen LogP contribution in [0, 0.1) is 41.4 Å². The monoisotopic (exact) mass is 1180 g/mol. The number of allylic oxidation sites excluding steroid dienone is 32. The molecule has 0 aliphatic heterocycles. The zero-order valence-electron chi connectivity index (χ0n) is 55.5. The first kappa shape index (κ1) is 62.9. The first-order valence-corrected chi connectivity index (χ1v) is 35.6. The summed E-state index contributed by atoms with van der Waals surface area (Å²) in [6.45, 7) is 14.0. The molecule has 3 unspecified atom stereocenters. The number of aryl methyl sites for hydroxylation is 2. The van der Waals surface area contributed by atoms with Crippen molar-refractivity contribution in [3.8, 4) is 0 Å². The predicted molar refractivity (Wildman–Crippen MR) is 387 cm³/mol. The Hall–Kier alpha value is -7.28. The average Bonchev–Trinajstić information content (AvgIpc) is 1.71. The lowest BCUT2D eigenvalue weighted by molar-refractivity contribution is 0.259. The highest BCUT2D eigenvalue weighted by atomic mass is 14.3. The first-order valence-electron chi connectivity index (χ1n) is 35.6. The molecule has 10 aliphatic rings.